The summed E-state index contributed by atoms with van der Waals surface area (Å²) in [5.74, 6) is 1.30. The summed E-state index contributed by atoms with van der Waals surface area (Å²) in [5, 5.41) is 11.4. The van der Waals surface area contributed by atoms with Crippen LogP contribution >= 0.6 is 0 Å². The van der Waals surface area contributed by atoms with E-state index in [0.29, 0.717) is 11.7 Å². The Bertz CT molecular complexity index is 869. The molecule has 0 saturated carbocycles. The van der Waals surface area contributed by atoms with E-state index in [-0.39, 0.29) is 12.4 Å². The first-order valence-electron chi connectivity index (χ1n) is 7.85. The van der Waals surface area contributed by atoms with Crippen molar-refractivity contribution >= 4 is 29.2 Å². The normalized spacial score (nSPS) is 12.0. The molecule has 0 aliphatic rings. The summed E-state index contributed by atoms with van der Waals surface area (Å²) in [7, 11) is 0. The van der Waals surface area contributed by atoms with E-state index in [0.717, 1.165) is 11.0 Å². The summed E-state index contributed by atoms with van der Waals surface area (Å²) < 4.78 is 16.2. The number of rotatable bonds is 4. The smallest absolute Gasteiger partial charge is 0.408 e. The molecule has 0 saturated heterocycles. The second-order valence-corrected chi connectivity index (χ2v) is 6.41. The molecule has 0 spiro atoms. The minimum Gasteiger partial charge on any atom is -0.457 e. The average Bonchev–Trinajstić information content (AvgIpc) is 3.15. The van der Waals surface area contributed by atoms with Gasteiger partial charge in [0.2, 0.25) is 11.8 Å². The lowest BCUT2D eigenvalue weighted by molar-refractivity contribution is 0.0519. The third-order valence-corrected chi connectivity index (χ3v) is 3.10. The Balaban J connectivity index is 1.58. The van der Waals surface area contributed by atoms with Crippen LogP contribution in [0.15, 0.2) is 39.2 Å². The van der Waals surface area contributed by atoms with E-state index in [2.05, 4.69) is 15.5 Å². The SMILES string of the molecule is CC(C)(C)OC(=O)NCc1nnc(C=Cc2cc3ccccc3o2)o1. The largest absolute Gasteiger partial charge is 0.457 e. The summed E-state index contributed by atoms with van der Waals surface area (Å²) in [6.07, 6.45) is 2.87. The number of carbonyl (C=O) groups excluding carboxylic acids is 1. The molecule has 2 aromatic heterocycles. The minimum absolute atomic E-state index is 0.0976. The van der Waals surface area contributed by atoms with Crippen LogP contribution in [0, 0.1) is 0 Å². The Morgan fingerprint density at radius 1 is 1.20 bits per heavy atom. The molecule has 7 heteroatoms. The van der Waals surface area contributed by atoms with Crippen LogP contribution in [-0.4, -0.2) is 21.9 Å². The molecule has 0 aliphatic carbocycles. The number of nitrogens with zero attached hydrogens (tertiary/aromatic N) is 2. The maximum atomic E-state index is 11.6. The van der Waals surface area contributed by atoms with Gasteiger partial charge in [-0.15, -0.1) is 10.2 Å². The van der Waals surface area contributed by atoms with E-state index in [9.17, 15) is 4.79 Å². The van der Waals surface area contributed by atoms with E-state index in [1.54, 1.807) is 32.9 Å². The molecule has 0 atom stereocenters. The highest BCUT2D eigenvalue weighted by Gasteiger charge is 2.16. The molecule has 130 valence electrons. The van der Waals surface area contributed by atoms with Gasteiger partial charge in [-0.1, -0.05) is 18.2 Å². The summed E-state index contributed by atoms with van der Waals surface area (Å²) in [4.78, 5) is 11.6. The number of hydrogen-bond donors (Lipinski definition) is 1. The summed E-state index contributed by atoms with van der Waals surface area (Å²) in [6.45, 7) is 5.47. The van der Waals surface area contributed by atoms with Gasteiger partial charge in [-0.3, -0.25) is 0 Å². The molecule has 0 aliphatic heterocycles. The first-order valence-corrected chi connectivity index (χ1v) is 7.85. The molecule has 0 radical (unpaired) electrons. The van der Waals surface area contributed by atoms with Gasteiger partial charge in [0.15, 0.2) is 0 Å². The van der Waals surface area contributed by atoms with Gasteiger partial charge >= 0.3 is 6.09 Å². The third kappa shape index (κ3) is 4.69. The van der Waals surface area contributed by atoms with Gasteiger partial charge < -0.3 is 18.9 Å². The molecule has 7 nitrogen and oxygen atoms in total. The lowest BCUT2D eigenvalue weighted by atomic mass is 10.2. The van der Waals surface area contributed by atoms with Crippen LogP contribution in [0.25, 0.3) is 23.1 Å². The number of carbonyl (C=O) groups is 1. The van der Waals surface area contributed by atoms with E-state index < -0.39 is 11.7 Å². The lowest BCUT2D eigenvalue weighted by Gasteiger charge is -2.19. The number of hydrogen-bond acceptors (Lipinski definition) is 6. The van der Waals surface area contributed by atoms with E-state index in [1.165, 1.54) is 0 Å². The van der Waals surface area contributed by atoms with Crippen molar-refractivity contribution in [3.63, 3.8) is 0 Å². The Hall–Kier alpha value is -3.09. The quantitative estimate of drug-likeness (QED) is 0.771. The van der Waals surface area contributed by atoms with Crippen molar-refractivity contribution in [2.45, 2.75) is 32.9 Å². The highest BCUT2D eigenvalue weighted by Crippen LogP contribution is 2.20. The van der Waals surface area contributed by atoms with Crippen LogP contribution in [-0.2, 0) is 11.3 Å². The number of fused-ring (bicyclic) bond motifs is 1. The molecule has 3 aromatic rings. The van der Waals surface area contributed by atoms with Crippen molar-refractivity contribution in [3.05, 3.63) is 47.9 Å². The van der Waals surface area contributed by atoms with Crippen molar-refractivity contribution in [2.75, 3.05) is 0 Å². The van der Waals surface area contributed by atoms with Crippen LogP contribution in [0.5, 0.6) is 0 Å². The summed E-state index contributed by atoms with van der Waals surface area (Å²) in [6, 6.07) is 9.67. The fourth-order valence-corrected chi connectivity index (χ4v) is 2.11. The fraction of sp³-hybridized carbons (Fsp3) is 0.278. The molecule has 0 unspecified atom stereocenters. The van der Waals surface area contributed by atoms with Crippen LogP contribution in [0.2, 0.25) is 0 Å². The summed E-state index contributed by atoms with van der Waals surface area (Å²) in [5.41, 5.74) is 0.259. The monoisotopic (exact) mass is 341 g/mol. The van der Waals surface area contributed by atoms with Gasteiger partial charge in [-0.2, -0.15) is 0 Å². The second kappa shape index (κ2) is 6.80. The number of amides is 1. The molecule has 2 heterocycles. The van der Waals surface area contributed by atoms with E-state index >= 15 is 0 Å². The molecule has 1 amide bonds. The molecular formula is C18H19N3O4. The fourth-order valence-electron chi connectivity index (χ4n) is 2.11. The maximum Gasteiger partial charge on any atom is 0.408 e. The molecular weight excluding hydrogens is 322 g/mol. The summed E-state index contributed by atoms with van der Waals surface area (Å²) >= 11 is 0. The Kier molecular flexibility index (Phi) is 4.56. The molecule has 0 fully saturated rings. The topological polar surface area (TPSA) is 90.4 Å². The third-order valence-electron chi connectivity index (χ3n) is 3.10. The standard InChI is InChI=1S/C18H19N3O4/c1-18(2,3)25-17(22)19-11-16-21-20-15(24-16)9-8-13-10-12-6-4-5-7-14(12)23-13/h4-10H,11H2,1-3H3,(H,19,22). The number of alkyl carbamates (subject to hydrolysis) is 1. The first kappa shape index (κ1) is 16.8. The zero-order chi connectivity index (χ0) is 17.9. The van der Waals surface area contributed by atoms with Gasteiger partial charge in [0.1, 0.15) is 16.9 Å². The van der Waals surface area contributed by atoms with E-state index in [4.69, 9.17) is 13.6 Å². The van der Waals surface area contributed by atoms with Gasteiger partial charge in [0, 0.05) is 11.5 Å². The Morgan fingerprint density at radius 2 is 2.00 bits per heavy atom. The van der Waals surface area contributed by atoms with Crippen LogP contribution in [0.3, 0.4) is 0 Å². The van der Waals surface area contributed by atoms with Crippen molar-refractivity contribution < 1.29 is 18.4 Å². The maximum absolute atomic E-state index is 11.6. The lowest BCUT2D eigenvalue weighted by Crippen LogP contribution is -2.32. The van der Waals surface area contributed by atoms with Crippen molar-refractivity contribution in [1.82, 2.24) is 15.5 Å². The van der Waals surface area contributed by atoms with Crippen molar-refractivity contribution in [2.24, 2.45) is 0 Å². The van der Waals surface area contributed by atoms with Gasteiger partial charge in [-0.05, 0) is 39.0 Å². The number of nitrogens with one attached hydrogen (secondary N) is 1. The van der Waals surface area contributed by atoms with Crippen LogP contribution in [0.1, 0.15) is 38.3 Å². The number of aromatic nitrogens is 2. The van der Waals surface area contributed by atoms with Crippen molar-refractivity contribution in [1.29, 1.82) is 0 Å². The molecule has 3 rings (SSSR count). The minimum atomic E-state index is -0.556. The highest BCUT2D eigenvalue weighted by atomic mass is 16.6. The van der Waals surface area contributed by atoms with Gasteiger partial charge in [-0.25, -0.2) is 4.79 Å². The average molecular weight is 341 g/mol. The zero-order valence-electron chi connectivity index (χ0n) is 14.3. The van der Waals surface area contributed by atoms with E-state index in [1.807, 2.05) is 30.3 Å². The molecule has 0 bridgehead atoms. The zero-order valence-corrected chi connectivity index (χ0v) is 14.3. The first-order chi connectivity index (χ1) is 11.9. The predicted molar refractivity (Wildman–Crippen MR) is 92.5 cm³/mol. The Labute approximate surface area is 144 Å². The molecule has 1 N–H and O–H groups in total. The molecule has 25 heavy (non-hydrogen) atoms. The Morgan fingerprint density at radius 3 is 2.76 bits per heavy atom. The van der Waals surface area contributed by atoms with Gasteiger partial charge in [0.05, 0.1) is 6.54 Å². The second-order valence-electron chi connectivity index (χ2n) is 6.41. The number of benzene rings is 1. The molecule has 1 aromatic carbocycles. The number of para-hydroxylation sites is 1. The van der Waals surface area contributed by atoms with Crippen molar-refractivity contribution in [3.8, 4) is 0 Å². The number of ether oxygens (including phenoxy) is 1. The highest BCUT2D eigenvalue weighted by molar-refractivity contribution is 5.81. The van der Waals surface area contributed by atoms with Gasteiger partial charge in [0.25, 0.3) is 0 Å². The van der Waals surface area contributed by atoms with Crippen LogP contribution < -0.4 is 5.32 Å². The number of furan rings is 1. The predicted octanol–water partition coefficient (Wildman–Crippen LogP) is 4.01. The van der Waals surface area contributed by atoms with Crippen LogP contribution in [0.4, 0.5) is 4.79 Å².